The van der Waals surface area contributed by atoms with Gasteiger partial charge in [0.15, 0.2) is 5.82 Å². The summed E-state index contributed by atoms with van der Waals surface area (Å²) < 4.78 is 25.1. The number of thioether (sulfide) groups is 1. The van der Waals surface area contributed by atoms with Crippen LogP contribution in [0.15, 0.2) is 53.7 Å². The van der Waals surface area contributed by atoms with E-state index >= 15 is 0 Å². The second-order valence-corrected chi connectivity index (χ2v) is 6.09. The minimum Gasteiger partial charge on any atom is -0.497 e. The average Bonchev–Trinajstić information content (AvgIpc) is 2.99. The minimum absolute atomic E-state index is 0.188. The number of halogens is 1. The molecule has 2 aromatic carbocycles. The van der Waals surface area contributed by atoms with Crippen molar-refractivity contribution in [2.45, 2.75) is 17.5 Å². The van der Waals surface area contributed by atoms with Crippen LogP contribution in [-0.4, -0.2) is 22.0 Å². The quantitative estimate of drug-likeness (QED) is 0.516. The Hall–Kier alpha value is -2.74. The molecule has 0 saturated heterocycles. The van der Waals surface area contributed by atoms with Crippen LogP contribution >= 0.6 is 11.8 Å². The first-order valence-corrected chi connectivity index (χ1v) is 8.48. The summed E-state index contributed by atoms with van der Waals surface area (Å²) >= 11 is 1.42. The largest absolute Gasteiger partial charge is 0.497 e. The first-order valence-electron chi connectivity index (χ1n) is 7.49. The summed E-state index contributed by atoms with van der Waals surface area (Å²) in [6.07, 6.45) is 0. The van der Waals surface area contributed by atoms with Crippen molar-refractivity contribution < 1.29 is 13.9 Å². The molecule has 0 aliphatic carbocycles. The number of nitrogens with two attached hydrogens (primary N) is 1. The van der Waals surface area contributed by atoms with Gasteiger partial charge >= 0.3 is 0 Å². The molecule has 1 heterocycles. The lowest BCUT2D eigenvalue weighted by atomic mass is 10.2. The van der Waals surface area contributed by atoms with Crippen molar-refractivity contribution >= 4 is 11.8 Å². The SMILES string of the molecule is COc1cccc(OCc2nnc(SCc3ccc(F)cc3)n2N)c1. The number of methoxy groups -OCH3 is 1. The molecule has 0 atom stereocenters. The molecule has 0 bridgehead atoms. The maximum absolute atomic E-state index is 12.9. The monoisotopic (exact) mass is 360 g/mol. The molecule has 3 rings (SSSR count). The van der Waals surface area contributed by atoms with Crippen LogP contribution in [0.5, 0.6) is 11.5 Å². The van der Waals surface area contributed by atoms with Crippen LogP contribution in [-0.2, 0) is 12.4 Å². The van der Waals surface area contributed by atoms with Crippen molar-refractivity contribution in [3.05, 3.63) is 65.7 Å². The van der Waals surface area contributed by atoms with Gasteiger partial charge in [-0.1, -0.05) is 30.0 Å². The van der Waals surface area contributed by atoms with Gasteiger partial charge in [0.1, 0.15) is 23.9 Å². The Morgan fingerprint density at radius 2 is 1.88 bits per heavy atom. The van der Waals surface area contributed by atoms with E-state index in [0.717, 1.165) is 5.56 Å². The van der Waals surface area contributed by atoms with Crippen LogP contribution in [0.4, 0.5) is 4.39 Å². The van der Waals surface area contributed by atoms with Gasteiger partial charge in [-0.2, -0.15) is 0 Å². The molecular weight excluding hydrogens is 343 g/mol. The van der Waals surface area contributed by atoms with Crippen LogP contribution in [0.25, 0.3) is 0 Å². The molecular formula is C17H17FN4O2S. The maximum Gasteiger partial charge on any atom is 0.210 e. The molecule has 0 aliphatic heterocycles. The van der Waals surface area contributed by atoms with Gasteiger partial charge in [0.25, 0.3) is 0 Å². The number of nitrogens with zero attached hydrogens (tertiary/aromatic N) is 3. The van der Waals surface area contributed by atoms with Gasteiger partial charge in [-0.3, -0.25) is 0 Å². The van der Waals surface area contributed by atoms with Crippen molar-refractivity contribution in [1.82, 2.24) is 14.9 Å². The van der Waals surface area contributed by atoms with Gasteiger partial charge in [-0.05, 0) is 29.8 Å². The van der Waals surface area contributed by atoms with Crippen molar-refractivity contribution in [2.75, 3.05) is 13.0 Å². The Morgan fingerprint density at radius 1 is 1.12 bits per heavy atom. The lowest BCUT2D eigenvalue weighted by molar-refractivity contribution is 0.289. The van der Waals surface area contributed by atoms with Crippen molar-refractivity contribution in [2.24, 2.45) is 0 Å². The lowest BCUT2D eigenvalue weighted by Gasteiger charge is -2.07. The molecule has 130 valence electrons. The normalized spacial score (nSPS) is 10.6. The molecule has 0 fully saturated rings. The van der Waals surface area contributed by atoms with Crippen molar-refractivity contribution in [3.8, 4) is 11.5 Å². The predicted molar refractivity (Wildman–Crippen MR) is 93.5 cm³/mol. The second-order valence-electron chi connectivity index (χ2n) is 5.15. The third-order valence-electron chi connectivity index (χ3n) is 3.43. The molecule has 0 saturated carbocycles. The summed E-state index contributed by atoms with van der Waals surface area (Å²) in [4.78, 5) is 0. The lowest BCUT2D eigenvalue weighted by Crippen LogP contribution is -2.15. The Bertz CT molecular complexity index is 839. The van der Waals surface area contributed by atoms with E-state index in [0.29, 0.717) is 28.2 Å². The van der Waals surface area contributed by atoms with E-state index in [-0.39, 0.29) is 12.4 Å². The first kappa shape index (κ1) is 17.1. The van der Waals surface area contributed by atoms with Gasteiger partial charge in [0.05, 0.1) is 7.11 Å². The summed E-state index contributed by atoms with van der Waals surface area (Å²) in [7, 11) is 1.60. The molecule has 6 nitrogen and oxygen atoms in total. The number of benzene rings is 2. The molecule has 3 aromatic rings. The number of aromatic nitrogens is 3. The van der Waals surface area contributed by atoms with Gasteiger partial charge < -0.3 is 15.3 Å². The third-order valence-corrected chi connectivity index (χ3v) is 4.44. The smallest absolute Gasteiger partial charge is 0.210 e. The summed E-state index contributed by atoms with van der Waals surface area (Å²) in [5.74, 6) is 8.25. The van der Waals surface area contributed by atoms with Gasteiger partial charge in [0.2, 0.25) is 5.16 Å². The average molecular weight is 360 g/mol. The fourth-order valence-electron chi connectivity index (χ4n) is 2.07. The minimum atomic E-state index is -0.257. The zero-order valence-corrected chi connectivity index (χ0v) is 14.4. The Kier molecular flexibility index (Phi) is 5.39. The molecule has 1 aromatic heterocycles. The molecule has 0 aliphatic rings. The van der Waals surface area contributed by atoms with E-state index in [9.17, 15) is 4.39 Å². The highest BCUT2D eigenvalue weighted by molar-refractivity contribution is 7.98. The van der Waals surface area contributed by atoms with E-state index in [1.165, 1.54) is 28.6 Å². The van der Waals surface area contributed by atoms with Crippen LogP contribution in [0, 0.1) is 5.82 Å². The number of nitrogen functional groups attached to an aromatic ring is 1. The summed E-state index contributed by atoms with van der Waals surface area (Å²) in [5, 5.41) is 8.68. The number of ether oxygens (including phenoxy) is 2. The predicted octanol–water partition coefficient (Wildman–Crippen LogP) is 3.01. The zero-order chi connectivity index (χ0) is 17.6. The fourth-order valence-corrected chi connectivity index (χ4v) is 2.90. The third kappa shape index (κ3) is 4.42. The number of rotatable bonds is 7. The molecule has 0 spiro atoms. The Morgan fingerprint density at radius 3 is 2.64 bits per heavy atom. The van der Waals surface area contributed by atoms with E-state index in [4.69, 9.17) is 15.3 Å². The van der Waals surface area contributed by atoms with Gasteiger partial charge in [-0.15, -0.1) is 10.2 Å². The highest BCUT2D eigenvalue weighted by Crippen LogP contribution is 2.22. The summed E-state index contributed by atoms with van der Waals surface area (Å²) in [6.45, 7) is 0.188. The van der Waals surface area contributed by atoms with Crippen LogP contribution in [0.3, 0.4) is 0 Å². The zero-order valence-electron chi connectivity index (χ0n) is 13.6. The fraction of sp³-hybridized carbons (Fsp3) is 0.176. The molecule has 0 unspecified atom stereocenters. The Labute approximate surface area is 148 Å². The van der Waals surface area contributed by atoms with Crippen molar-refractivity contribution in [1.29, 1.82) is 0 Å². The number of hydrogen-bond donors (Lipinski definition) is 1. The van der Waals surface area contributed by atoms with E-state index < -0.39 is 0 Å². The van der Waals surface area contributed by atoms with E-state index in [1.807, 2.05) is 18.2 Å². The topological polar surface area (TPSA) is 75.2 Å². The Balaban J connectivity index is 1.59. The molecule has 25 heavy (non-hydrogen) atoms. The first-order chi connectivity index (χ1) is 12.2. The van der Waals surface area contributed by atoms with Gasteiger partial charge in [-0.25, -0.2) is 9.07 Å². The highest BCUT2D eigenvalue weighted by atomic mass is 32.2. The standard InChI is InChI=1S/C17H17FN4O2S/c1-23-14-3-2-4-15(9-14)24-10-16-20-21-17(22(16)19)25-11-12-5-7-13(18)8-6-12/h2-9H,10-11,19H2,1H3. The van der Waals surface area contributed by atoms with Crippen LogP contribution < -0.4 is 15.3 Å². The molecule has 0 radical (unpaired) electrons. The molecule has 8 heteroatoms. The van der Waals surface area contributed by atoms with Gasteiger partial charge in [0, 0.05) is 11.8 Å². The summed E-state index contributed by atoms with van der Waals surface area (Å²) in [6, 6.07) is 13.6. The maximum atomic E-state index is 12.9. The van der Waals surface area contributed by atoms with E-state index in [2.05, 4.69) is 10.2 Å². The second kappa shape index (κ2) is 7.89. The number of hydrogen-bond acceptors (Lipinski definition) is 6. The van der Waals surface area contributed by atoms with Crippen LogP contribution in [0.1, 0.15) is 11.4 Å². The van der Waals surface area contributed by atoms with Crippen LogP contribution in [0.2, 0.25) is 0 Å². The molecule has 0 amide bonds. The summed E-state index contributed by atoms with van der Waals surface area (Å²) in [5.41, 5.74) is 0.976. The van der Waals surface area contributed by atoms with E-state index in [1.54, 1.807) is 25.3 Å². The van der Waals surface area contributed by atoms with Crippen molar-refractivity contribution in [3.63, 3.8) is 0 Å². The molecule has 2 N–H and O–H groups in total. The highest BCUT2D eigenvalue weighted by Gasteiger charge is 2.11.